The van der Waals surface area contributed by atoms with E-state index < -0.39 is 11.9 Å². The normalized spacial score (nSPS) is 12.6. The number of carbonyl (C=O) groups excluding carboxylic acids is 1. The first kappa shape index (κ1) is 11.9. The van der Waals surface area contributed by atoms with E-state index in [1.54, 1.807) is 0 Å². The Kier molecular flexibility index (Phi) is 5.11. The number of rotatable bonds is 4. The van der Waals surface area contributed by atoms with Crippen LogP contribution >= 0.6 is 0 Å². The first-order valence-corrected chi connectivity index (χ1v) is 4.47. The van der Waals surface area contributed by atoms with E-state index in [-0.39, 0.29) is 6.04 Å². The molecule has 4 nitrogen and oxygen atoms in total. The predicted octanol–water partition coefficient (Wildman–Crippen LogP) is 1.01. The van der Waals surface area contributed by atoms with Crippen molar-refractivity contribution >= 4 is 11.9 Å². The van der Waals surface area contributed by atoms with Crippen molar-refractivity contribution in [1.29, 1.82) is 0 Å². The average molecular weight is 187 g/mol. The second-order valence-electron chi connectivity index (χ2n) is 3.65. The molecule has 0 bridgehead atoms. The van der Waals surface area contributed by atoms with Gasteiger partial charge in [0.25, 0.3) is 0 Å². The minimum atomic E-state index is -1.42. The first-order valence-electron chi connectivity index (χ1n) is 4.47. The zero-order valence-corrected chi connectivity index (χ0v) is 8.33. The standard InChI is InChI=1S/C9H17NO3/c1-6(2)4-5-7(3)10-8(11)9(12)13/h6-7H,4-5H2,1-3H3,(H,10,11)(H,12,13). The molecule has 0 fully saturated rings. The van der Waals surface area contributed by atoms with Crippen LogP contribution in [0.5, 0.6) is 0 Å². The van der Waals surface area contributed by atoms with Crippen LogP contribution in [0.3, 0.4) is 0 Å². The number of aliphatic carboxylic acids is 1. The molecule has 4 heteroatoms. The van der Waals surface area contributed by atoms with Gasteiger partial charge in [0.2, 0.25) is 0 Å². The molecule has 76 valence electrons. The predicted molar refractivity (Wildman–Crippen MR) is 49.3 cm³/mol. The van der Waals surface area contributed by atoms with Crippen molar-refractivity contribution in [2.45, 2.75) is 39.7 Å². The molecule has 13 heavy (non-hydrogen) atoms. The molecule has 1 atom stereocenters. The van der Waals surface area contributed by atoms with E-state index in [1.807, 2.05) is 6.92 Å². The lowest BCUT2D eigenvalue weighted by Crippen LogP contribution is -2.37. The molecule has 0 rings (SSSR count). The van der Waals surface area contributed by atoms with Gasteiger partial charge in [0, 0.05) is 6.04 Å². The van der Waals surface area contributed by atoms with Crippen LogP contribution in [-0.4, -0.2) is 23.0 Å². The fraction of sp³-hybridized carbons (Fsp3) is 0.778. The van der Waals surface area contributed by atoms with E-state index >= 15 is 0 Å². The van der Waals surface area contributed by atoms with Crippen molar-refractivity contribution < 1.29 is 14.7 Å². The largest absolute Gasteiger partial charge is 0.474 e. The van der Waals surface area contributed by atoms with Gasteiger partial charge in [0.15, 0.2) is 0 Å². The summed E-state index contributed by atoms with van der Waals surface area (Å²) in [6, 6.07) is -0.0639. The molecule has 0 aromatic heterocycles. The zero-order valence-electron chi connectivity index (χ0n) is 8.33. The summed E-state index contributed by atoms with van der Waals surface area (Å²) in [7, 11) is 0. The van der Waals surface area contributed by atoms with Gasteiger partial charge in [-0.1, -0.05) is 13.8 Å². The fourth-order valence-electron chi connectivity index (χ4n) is 0.941. The third-order valence-electron chi connectivity index (χ3n) is 1.75. The summed E-state index contributed by atoms with van der Waals surface area (Å²) in [6.45, 7) is 5.99. The second-order valence-corrected chi connectivity index (χ2v) is 3.65. The van der Waals surface area contributed by atoms with E-state index in [0.717, 1.165) is 12.8 Å². The number of carboxylic acid groups (broad SMARTS) is 1. The molecule has 1 unspecified atom stereocenters. The molecule has 0 aliphatic rings. The Hall–Kier alpha value is -1.06. The maximum atomic E-state index is 10.7. The van der Waals surface area contributed by atoms with Crippen LogP contribution in [-0.2, 0) is 9.59 Å². The Morgan fingerprint density at radius 2 is 1.77 bits per heavy atom. The summed E-state index contributed by atoms with van der Waals surface area (Å²) in [5.74, 6) is -1.77. The average Bonchev–Trinajstić information content (AvgIpc) is 2.00. The van der Waals surface area contributed by atoms with Crippen molar-refractivity contribution in [3.8, 4) is 0 Å². The van der Waals surface area contributed by atoms with Crippen molar-refractivity contribution in [2.24, 2.45) is 5.92 Å². The van der Waals surface area contributed by atoms with E-state index in [9.17, 15) is 9.59 Å². The van der Waals surface area contributed by atoms with Gasteiger partial charge in [0.1, 0.15) is 0 Å². The summed E-state index contributed by atoms with van der Waals surface area (Å²) < 4.78 is 0. The Labute approximate surface area is 78.3 Å². The first-order chi connectivity index (χ1) is 5.93. The zero-order chi connectivity index (χ0) is 10.4. The molecule has 0 heterocycles. The van der Waals surface area contributed by atoms with Gasteiger partial charge in [0.05, 0.1) is 0 Å². The molecule has 0 radical (unpaired) electrons. The molecule has 0 spiro atoms. The molecule has 0 aliphatic carbocycles. The monoisotopic (exact) mass is 187 g/mol. The smallest absolute Gasteiger partial charge is 0.394 e. The molecular formula is C9H17NO3. The van der Waals surface area contributed by atoms with E-state index in [2.05, 4.69) is 19.2 Å². The lowest BCUT2D eigenvalue weighted by Gasteiger charge is -2.13. The van der Waals surface area contributed by atoms with Crippen LogP contribution in [0.1, 0.15) is 33.6 Å². The van der Waals surface area contributed by atoms with Crippen LogP contribution in [0.25, 0.3) is 0 Å². The van der Waals surface area contributed by atoms with Crippen LogP contribution < -0.4 is 5.32 Å². The highest BCUT2D eigenvalue weighted by molar-refractivity contribution is 6.31. The van der Waals surface area contributed by atoms with Gasteiger partial charge in [-0.3, -0.25) is 4.79 Å². The molecule has 0 saturated carbocycles. The summed E-state index contributed by atoms with van der Waals surface area (Å²) >= 11 is 0. The highest BCUT2D eigenvalue weighted by atomic mass is 16.4. The number of carboxylic acids is 1. The third kappa shape index (κ3) is 6.13. The maximum absolute atomic E-state index is 10.7. The summed E-state index contributed by atoms with van der Waals surface area (Å²) in [6.07, 6.45) is 1.80. The number of amides is 1. The Morgan fingerprint density at radius 3 is 2.15 bits per heavy atom. The fourth-order valence-corrected chi connectivity index (χ4v) is 0.941. The minimum absolute atomic E-state index is 0.0639. The van der Waals surface area contributed by atoms with Gasteiger partial charge in [-0.15, -0.1) is 0 Å². The minimum Gasteiger partial charge on any atom is -0.474 e. The lowest BCUT2D eigenvalue weighted by molar-refractivity contribution is -0.150. The van der Waals surface area contributed by atoms with Crippen molar-refractivity contribution in [3.05, 3.63) is 0 Å². The summed E-state index contributed by atoms with van der Waals surface area (Å²) in [5, 5.41) is 10.7. The molecule has 0 aromatic rings. The van der Waals surface area contributed by atoms with Crippen molar-refractivity contribution in [1.82, 2.24) is 5.32 Å². The number of hydrogen-bond donors (Lipinski definition) is 2. The SMILES string of the molecule is CC(C)CCC(C)NC(=O)C(=O)O. The molecule has 1 amide bonds. The highest BCUT2D eigenvalue weighted by Crippen LogP contribution is 2.05. The van der Waals surface area contributed by atoms with Crippen LogP contribution in [0.2, 0.25) is 0 Å². The maximum Gasteiger partial charge on any atom is 0.394 e. The molecule has 0 aliphatic heterocycles. The molecule has 0 aromatic carbocycles. The summed E-state index contributed by atoms with van der Waals surface area (Å²) in [4.78, 5) is 20.8. The number of carbonyl (C=O) groups is 2. The van der Waals surface area contributed by atoms with Crippen LogP contribution in [0.4, 0.5) is 0 Å². The van der Waals surface area contributed by atoms with Gasteiger partial charge in [-0.05, 0) is 25.7 Å². The van der Waals surface area contributed by atoms with Gasteiger partial charge in [-0.25, -0.2) is 4.79 Å². The van der Waals surface area contributed by atoms with Gasteiger partial charge < -0.3 is 10.4 Å². The third-order valence-corrected chi connectivity index (χ3v) is 1.75. The molecule has 0 saturated heterocycles. The van der Waals surface area contributed by atoms with E-state index in [4.69, 9.17) is 5.11 Å². The lowest BCUT2D eigenvalue weighted by atomic mass is 10.0. The van der Waals surface area contributed by atoms with Gasteiger partial charge in [-0.2, -0.15) is 0 Å². The topological polar surface area (TPSA) is 66.4 Å². The highest BCUT2D eigenvalue weighted by Gasteiger charge is 2.13. The van der Waals surface area contributed by atoms with Crippen LogP contribution in [0, 0.1) is 5.92 Å². The quantitative estimate of drug-likeness (QED) is 0.645. The van der Waals surface area contributed by atoms with E-state index in [0.29, 0.717) is 5.92 Å². The Morgan fingerprint density at radius 1 is 1.23 bits per heavy atom. The second kappa shape index (κ2) is 5.56. The number of hydrogen-bond acceptors (Lipinski definition) is 2. The molecular weight excluding hydrogens is 170 g/mol. The number of nitrogens with one attached hydrogen (secondary N) is 1. The summed E-state index contributed by atoms with van der Waals surface area (Å²) in [5.41, 5.74) is 0. The van der Waals surface area contributed by atoms with Gasteiger partial charge >= 0.3 is 11.9 Å². The Balaban J connectivity index is 3.68. The van der Waals surface area contributed by atoms with Crippen LogP contribution in [0.15, 0.2) is 0 Å². The van der Waals surface area contributed by atoms with Crippen molar-refractivity contribution in [3.63, 3.8) is 0 Å². The Bertz CT molecular complexity index is 189. The molecule has 2 N–H and O–H groups in total. The van der Waals surface area contributed by atoms with E-state index in [1.165, 1.54) is 0 Å². The van der Waals surface area contributed by atoms with Crippen molar-refractivity contribution in [2.75, 3.05) is 0 Å².